The molecule has 1 aliphatic rings. The van der Waals surface area contributed by atoms with E-state index in [1.807, 2.05) is 28.8 Å². The number of nitrogens with one attached hydrogen (secondary N) is 2. The van der Waals surface area contributed by atoms with Gasteiger partial charge in [-0.3, -0.25) is 9.20 Å². The van der Waals surface area contributed by atoms with Gasteiger partial charge in [0.15, 0.2) is 0 Å². The van der Waals surface area contributed by atoms with Gasteiger partial charge in [-0.25, -0.2) is 4.98 Å². The number of hydrogen-bond donors (Lipinski definition) is 2. The zero-order valence-corrected chi connectivity index (χ0v) is 15.8. The summed E-state index contributed by atoms with van der Waals surface area (Å²) in [6, 6.07) is 9.06. The van der Waals surface area contributed by atoms with Gasteiger partial charge in [0.1, 0.15) is 17.1 Å². The largest absolute Gasteiger partial charge is 0.496 e. The second kappa shape index (κ2) is 7.58. The molecule has 4 rings (SSSR count). The van der Waals surface area contributed by atoms with Gasteiger partial charge < -0.3 is 15.4 Å². The molecule has 0 spiro atoms. The maximum atomic E-state index is 12.8. The minimum Gasteiger partial charge on any atom is -0.496 e. The van der Waals surface area contributed by atoms with Gasteiger partial charge >= 0.3 is 0 Å². The minimum absolute atomic E-state index is 0.253. The number of anilines is 1. The number of fused-ring (bicyclic) bond motifs is 1. The third-order valence-electron chi connectivity index (χ3n) is 4.99. The number of nitrogens with zero attached hydrogens (tertiary/aromatic N) is 2. The van der Waals surface area contributed by atoms with Crippen LogP contribution < -0.4 is 15.4 Å². The standard InChI is InChI=1S/C20H21ClN4O2/c1-27-18-10-19-23-11-17(20(26)24-16-5-3-2-4-15(16)21)25(19)12-14(18)13-6-8-22-9-7-13/h2-5,10-13,22H,6-9H2,1H3,(H,24,26). The first-order chi connectivity index (χ1) is 13.2. The molecule has 0 atom stereocenters. The van der Waals surface area contributed by atoms with Crippen molar-refractivity contribution in [2.45, 2.75) is 18.8 Å². The first-order valence-corrected chi connectivity index (χ1v) is 9.36. The monoisotopic (exact) mass is 384 g/mol. The minimum atomic E-state index is -0.253. The van der Waals surface area contributed by atoms with Crippen molar-refractivity contribution in [3.63, 3.8) is 0 Å². The molecule has 6 nitrogen and oxygen atoms in total. The Balaban J connectivity index is 1.71. The first-order valence-electron chi connectivity index (χ1n) is 8.99. The van der Waals surface area contributed by atoms with Gasteiger partial charge in [0.25, 0.3) is 5.91 Å². The van der Waals surface area contributed by atoms with E-state index < -0.39 is 0 Å². The molecule has 2 aromatic heterocycles. The highest BCUT2D eigenvalue weighted by Crippen LogP contribution is 2.33. The van der Waals surface area contributed by atoms with E-state index >= 15 is 0 Å². The smallest absolute Gasteiger partial charge is 0.274 e. The number of imidazole rings is 1. The van der Waals surface area contributed by atoms with Crippen LogP contribution in [0.2, 0.25) is 5.02 Å². The Morgan fingerprint density at radius 3 is 2.85 bits per heavy atom. The molecule has 3 aromatic rings. The predicted molar refractivity (Wildman–Crippen MR) is 106 cm³/mol. The Bertz CT molecular complexity index is 979. The summed E-state index contributed by atoms with van der Waals surface area (Å²) in [7, 11) is 1.67. The summed E-state index contributed by atoms with van der Waals surface area (Å²) in [5, 5.41) is 6.74. The van der Waals surface area contributed by atoms with E-state index in [-0.39, 0.29) is 5.91 Å². The average molecular weight is 385 g/mol. The van der Waals surface area contributed by atoms with Gasteiger partial charge in [0.2, 0.25) is 0 Å². The zero-order valence-electron chi connectivity index (χ0n) is 15.0. The van der Waals surface area contributed by atoms with E-state index in [1.165, 1.54) is 0 Å². The van der Waals surface area contributed by atoms with E-state index in [9.17, 15) is 4.79 Å². The SMILES string of the molecule is COc1cc2ncc(C(=O)Nc3ccccc3Cl)n2cc1C1CCNCC1. The molecule has 1 fully saturated rings. The molecule has 0 aliphatic carbocycles. The molecule has 1 saturated heterocycles. The average Bonchev–Trinajstić information content (AvgIpc) is 3.12. The number of amides is 1. The normalized spacial score (nSPS) is 15.0. The van der Waals surface area contributed by atoms with Crippen LogP contribution in [0.25, 0.3) is 5.65 Å². The summed E-state index contributed by atoms with van der Waals surface area (Å²) in [5.41, 5.74) is 2.82. The molecule has 1 aromatic carbocycles. The number of ether oxygens (including phenoxy) is 1. The zero-order chi connectivity index (χ0) is 18.8. The van der Waals surface area contributed by atoms with Crippen LogP contribution in [0, 0.1) is 0 Å². The Morgan fingerprint density at radius 2 is 2.11 bits per heavy atom. The van der Waals surface area contributed by atoms with Crippen molar-refractivity contribution in [2.24, 2.45) is 0 Å². The van der Waals surface area contributed by atoms with Crippen LogP contribution in [0.4, 0.5) is 5.69 Å². The van der Waals surface area contributed by atoms with Crippen molar-refractivity contribution < 1.29 is 9.53 Å². The lowest BCUT2D eigenvalue weighted by molar-refractivity contribution is 0.102. The fourth-order valence-electron chi connectivity index (χ4n) is 3.55. The molecule has 140 valence electrons. The summed E-state index contributed by atoms with van der Waals surface area (Å²) in [6.07, 6.45) is 5.64. The van der Waals surface area contributed by atoms with Crippen molar-refractivity contribution in [3.05, 3.63) is 59.0 Å². The number of rotatable bonds is 4. The number of carbonyl (C=O) groups excluding carboxylic acids is 1. The van der Waals surface area contributed by atoms with Crippen LogP contribution in [0.5, 0.6) is 5.75 Å². The Labute approximate surface area is 162 Å². The lowest BCUT2D eigenvalue weighted by Gasteiger charge is -2.24. The number of aromatic nitrogens is 2. The number of hydrogen-bond acceptors (Lipinski definition) is 4. The van der Waals surface area contributed by atoms with Crippen LogP contribution in [-0.4, -0.2) is 35.5 Å². The second-order valence-corrected chi connectivity index (χ2v) is 7.03. The quantitative estimate of drug-likeness (QED) is 0.719. The summed E-state index contributed by atoms with van der Waals surface area (Å²) in [6.45, 7) is 1.96. The molecular formula is C20H21ClN4O2. The van der Waals surface area contributed by atoms with Crippen molar-refractivity contribution in [1.82, 2.24) is 14.7 Å². The van der Waals surface area contributed by atoms with Crippen LogP contribution >= 0.6 is 11.6 Å². The third kappa shape index (κ3) is 3.50. The van der Waals surface area contributed by atoms with Crippen LogP contribution in [0.15, 0.2) is 42.7 Å². The molecule has 0 unspecified atom stereocenters. The van der Waals surface area contributed by atoms with Crippen LogP contribution in [0.1, 0.15) is 34.8 Å². The molecule has 1 aliphatic heterocycles. The molecule has 0 radical (unpaired) electrons. The summed E-state index contributed by atoms with van der Waals surface area (Å²) in [4.78, 5) is 17.2. The molecule has 1 amide bonds. The summed E-state index contributed by atoms with van der Waals surface area (Å²) in [5.74, 6) is 0.961. The van der Waals surface area contributed by atoms with E-state index in [1.54, 1.807) is 25.4 Å². The number of piperidine rings is 1. The van der Waals surface area contributed by atoms with Crippen molar-refractivity contribution in [2.75, 3.05) is 25.5 Å². The lowest BCUT2D eigenvalue weighted by Crippen LogP contribution is -2.27. The molecule has 0 bridgehead atoms. The van der Waals surface area contributed by atoms with E-state index in [2.05, 4.69) is 15.6 Å². The topological polar surface area (TPSA) is 67.7 Å². The molecule has 0 saturated carbocycles. The van der Waals surface area contributed by atoms with E-state index in [0.717, 1.165) is 37.2 Å². The maximum absolute atomic E-state index is 12.8. The fraction of sp³-hybridized carbons (Fsp3) is 0.300. The molecule has 27 heavy (non-hydrogen) atoms. The van der Waals surface area contributed by atoms with Crippen molar-refractivity contribution in [1.29, 1.82) is 0 Å². The number of benzene rings is 1. The van der Waals surface area contributed by atoms with Crippen LogP contribution in [-0.2, 0) is 0 Å². The van der Waals surface area contributed by atoms with Gasteiger partial charge in [0, 0.05) is 17.8 Å². The fourth-order valence-corrected chi connectivity index (χ4v) is 3.74. The highest BCUT2D eigenvalue weighted by atomic mass is 35.5. The number of carbonyl (C=O) groups is 1. The molecule has 7 heteroatoms. The van der Waals surface area contributed by atoms with Crippen molar-refractivity contribution in [3.8, 4) is 5.75 Å². The summed E-state index contributed by atoms with van der Waals surface area (Å²) >= 11 is 6.15. The Morgan fingerprint density at radius 1 is 1.33 bits per heavy atom. The number of halogens is 1. The van der Waals surface area contributed by atoms with Crippen LogP contribution in [0.3, 0.4) is 0 Å². The van der Waals surface area contributed by atoms with Gasteiger partial charge in [-0.05, 0) is 44.0 Å². The Kier molecular flexibility index (Phi) is 5.01. The third-order valence-corrected chi connectivity index (χ3v) is 5.32. The predicted octanol–water partition coefficient (Wildman–Crippen LogP) is 3.72. The lowest BCUT2D eigenvalue weighted by atomic mass is 9.90. The Hall–Kier alpha value is -2.57. The van der Waals surface area contributed by atoms with Gasteiger partial charge in [-0.1, -0.05) is 23.7 Å². The van der Waals surface area contributed by atoms with Gasteiger partial charge in [0.05, 0.1) is 24.0 Å². The van der Waals surface area contributed by atoms with E-state index in [0.29, 0.717) is 28.0 Å². The number of pyridine rings is 1. The number of para-hydroxylation sites is 1. The second-order valence-electron chi connectivity index (χ2n) is 6.63. The highest BCUT2D eigenvalue weighted by molar-refractivity contribution is 6.33. The molecular weight excluding hydrogens is 364 g/mol. The van der Waals surface area contributed by atoms with E-state index in [4.69, 9.17) is 16.3 Å². The van der Waals surface area contributed by atoms with Crippen molar-refractivity contribution >= 4 is 28.8 Å². The molecule has 2 N–H and O–H groups in total. The highest BCUT2D eigenvalue weighted by Gasteiger charge is 2.22. The summed E-state index contributed by atoms with van der Waals surface area (Å²) < 4.78 is 7.42. The first kappa shape index (κ1) is 17.8. The number of methoxy groups -OCH3 is 1. The van der Waals surface area contributed by atoms with Gasteiger partial charge in [-0.2, -0.15) is 0 Å². The molecule has 3 heterocycles. The maximum Gasteiger partial charge on any atom is 0.274 e. The van der Waals surface area contributed by atoms with Gasteiger partial charge in [-0.15, -0.1) is 0 Å².